The van der Waals surface area contributed by atoms with E-state index in [0.717, 1.165) is 63.5 Å². The molecule has 0 spiro atoms. The summed E-state index contributed by atoms with van der Waals surface area (Å²) in [5.41, 5.74) is 7.17. The highest BCUT2D eigenvalue weighted by Gasteiger charge is 2.35. The van der Waals surface area contributed by atoms with E-state index >= 15 is 0 Å². The zero-order chi connectivity index (χ0) is 31.9. The van der Waals surface area contributed by atoms with Crippen molar-refractivity contribution in [1.29, 1.82) is 0 Å². The minimum absolute atomic E-state index is 0.0671. The molecule has 4 N–H and O–H groups in total. The number of carbonyl (C=O) groups excluding carboxylic acids is 2. The van der Waals surface area contributed by atoms with Gasteiger partial charge in [-0.1, -0.05) is 36.1 Å². The number of aromatic nitrogens is 8. The third kappa shape index (κ3) is 5.37. The number of aromatic amines is 4. The van der Waals surface area contributed by atoms with Crippen LogP contribution in [0.15, 0.2) is 85.9 Å². The van der Waals surface area contributed by atoms with E-state index in [1.807, 2.05) is 53.6 Å². The standard InChI is InChI=1S/C35H30N10O2/c1-21-13-31(45(18-21)35(47)29-16-37-20-40-29)33-41-25-11-8-23(14-26(25)42-33)5-4-22-6-9-24(10-7-22)27-17-38-32(43-27)30-3-2-12-44(30)34(46)28-15-36-19-39-28/h6-11,14-17,19-20,30-31H,1-3,12-13,18H2,(H,36,39)(H,37,40)(H,38,43)(H,41,42)/t30-,31-/m0/s1. The van der Waals surface area contributed by atoms with Crippen LogP contribution in [0.2, 0.25) is 0 Å². The van der Waals surface area contributed by atoms with E-state index in [1.54, 1.807) is 11.1 Å². The van der Waals surface area contributed by atoms with Gasteiger partial charge in [0.05, 0.1) is 60.1 Å². The van der Waals surface area contributed by atoms with Crippen molar-refractivity contribution in [2.75, 3.05) is 13.1 Å². The van der Waals surface area contributed by atoms with Gasteiger partial charge in [0.25, 0.3) is 11.8 Å². The molecule has 0 radical (unpaired) electrons. The first-order valence-electron chi connectivity index (χ1n) is 15.4. The summed E-state index contributed by atoms with van der Waals surface area (Å²) in [6, 6.07) is 13.5. The predicted octanol–water partition coefficient (Wildman–Crippen LogP) is 4.92. The molecule has 2 aliphatic heterocycles. The fourth-order valence-electron chi connectivity index (χ4n) is 6.40. The number of nitrogens with one attached hydrogen (secondary N) is 4. The maximum Gasteiger partial charge on any atom is 0.272 e. The summed E-state index contributed by atoms with van der Waals surface area (Å²) in [4.78, 5) is 59.7. The van der Waals surface area contributed by atoms with E-state index in [-0.39, 0.29) is 23.9 Å². The van der Waals surface area contributed by atoms with Gasteiger partial charge in [-0.15, -0.1) is 0 Å². The molecule has 6 heterocycles. The molecule has 0 bridgehead atoms. The third-order valence-corrected chi connectivity index (χ3v) is 8.76. The van der Waals surface area contributed by atoms with Gasteiger partial charge in [-0.25, -0.2) is 19.9 Å². The number of benzene rings is 2. The van der Waals surface area contributed by atoms with Crippen LogP contribution >= 0.6 is 0 Å². The lowest BCUT2D eigenvalue weighted by Gasteiger charge is -2.22. The van der Waals surface area contributed by atoms with Gasteiger partial charge in [0.15, 0.2) is 0 Å². The Balaban J connectivity index is 0.964. The zero-order valence-corrected chi connectivity index (χ0v) is 25.3. The molecule has 4 aromatic heterocycles. The Labute approximate surface area is 269 Å². The minimum atomic E-state index is -0.230. The molecule has 0 unspecified atom stereocenters. The number of hydrogen-bond donors (Lipinski definition) is 4. The van der Waals surface area contributed by atoms with Gasteiger partial charge in [-0.05, 0) is 55.2 Å². The van der Waals surface area contributed by atoms with Gasteiger partial charge in [0.2, 0.25) is 0 Å². The molecule has 2 aromatic carbocycles. The SMILES string of the molecule is C=C1C[C@@H](c2nc3ccc(C#Cc4ccc(-c5cnc([C@@H]6CCCN6C(=O)c6cnc[nH]6)[nH]5)cc4)cc3[nH]2)N(C(=O)c2cnc[nH]2)C1. The summed E-state index contributed by atoms with van der Waals surface area (Å²) in [6.07, 6.45) is 10.3. The lowest BCUT2D eigenvalue weighted by atomic mass is 10.1. The number of hydrogen-bond acceptors (Lipinski definition) is 6. The highest BCUT2D eigenvalue weighted by molar-refractivity contribution is 5.93. The maximum atomic E-state index is 13.1. The van der Waals surface area contributed by atoms with Gasteiger partial charge < -0.3 is 29.7 Å². The monoisotopic (exact) mass is 622 g/mol. The minimum Gasteiger partial charge on any atom is -0.341 e. The van der Waals surface area contributed by atoms with Crippen molar-refractivity contribution in [2.45, 2.75) is 31.3 Å². The molecule has 2 atom stereocenters. The number of fused-ring (bicyclic) bond motifs is 1. The number of likely N-dealkylation sites (tertiary alicyclic amines) is 2. The molecule has 0 saturated carbocycles. The maximum absolute atomic E-state index is 13.1. The second-order valence-electron chi connectivity index (χ2n) is 11.9. The van der Waals surface area contributed by atoms with Crippen molar-refractivity contribution in [2.24, 2.45) is 0 Å². The van der Waals surface area contributed by atoms with Crippen LogP contribution in [0.5, 0.6) is 0 Å². The summed E-state index contributed by atoms with van der Waals surface area (Å²) in [5, 5.41) is 0. The van der Waals surface area contributed by atoms with Crippen LogP contribution in [0.4, 0.5) is 0 Å². The first-order valence-corrected chi connectivity index (χ1v) is 15.4. The largest absolute Gasteiger partial charge is 0.341 e. The zero-order valence-electron chi connectivity index (χ0n) is 25.3. The van der Waals surface area contributed by atoms with Gasteiger partial charge in [-0.3, -0.25) is 9.59 Å². The number of amides is 2. The Morgan fingerprint density at radius 1 is 0.830 bits per heavy atom. The second kappa shape index (κ2) is 11.6. The molecule has 232 valence electrons. The molecule has 12 heteroatoms. The number of rotatable bonds is 5. The van der Waals surface area contributed by atoms with E-state index in [2.05, 4.69) is 53.3 Å². The van der Waals surface area contributed by atoms with Crippen LogP contribution in [0, 0.1) is 11.8 Å². The first-order chi connectivity index (χ1) is 23.0. The number of H-pyrrole nitrogens is 4. The molecule has 2 saturated heterocycles. The van der Waals surface area contributed by atoms with Crippen LogP contribution in [-0.4, -0.2) is 74.6 Å². The quantitative estimate of drug-likeness (QED) is 0.158. The van der Waals surface area contributed by atoms with Crippen molar-refractivity contribution < 1.29 is 9.59 Å². The third-order valence-electron chi connectivity index (χ3n) is 8.76. The number of imidazole rings is 4. The predicted molar refractivity (Wildman–Crippen MR) is 174 cm³/mol. The van der Waals surface area contributed by atoms with E-state index < -0.39 is 0 Å². The Kier molecular flexibility index (Phi) is 6.98. The molecule has 8 rings (SSSR count). The van der Waals surface area contributed by atoms with Crippen LogP contribution in [0.1, 0.15) is 75.1 Å². The van der Waals surface area contributed by atoms with Gasteiger partial charge in [0, 0.05) is 24.2 Å². The molecule has 2 amide bonds. The summed E-state index contributed by atoms with van der Waals surface area (Å²) < 4.78 is 0. The smallest absolute Gasteiger partial charge is 0.272 e. The van der Waals surface area contributed by atoms with Crippen molar-refractivity contribution in [3.63, 3.8) is 0 Å². The summed E-state index contributed by atoms with van der Waals surface area (Å²) in [6.45, 7) is 5.28. The molecule has 2 fully saturated rings. The van der Waals surface area contributed by atoms with Gasteiger partial charge in [-0.2, -0.15) is 0 Å². The molecule has 12 nitrogen and oxygen atoms in total. The van der Waals surface area contributed by atoms with Crippen molar-refractivity contribution in [1.82, 2.24) is 49.7 Å². The van der Waals surface area contributed by atoms with Crippen molar-refractivity contribution >= 4 is 22.8 Å². The van der Waals surface area contributed by atoms with Gasteiger partial charge >= 0.3 is 0 Å². The number of nitrogens with zero attached hydrogens (tertiary/aromatic N) is 6. The molecule has 47 heavy (non-hydrogen) atoms. The Hall–Kier alpha value is -6.22. The molecule has 6 aromatic rings. The highest BCUT2D eigenvalue weighted by Crippen LogP contribution is 2.35. The lowest BCUT2D eigenvalue weighted by Crippen LogP contribution is -2.31. The molecular weight excluding hydrogens is 592 g/mol. The summed E-state index contributed by atoms with van der Waals surface area (Å²) >= 11 is 0. The van der Waals surface area contributed by atoms with E-state index in [1.165, 1.54) is 18.9 Å². The summed E-state index contributed by atoms with van der Waals surface area (Å²) in [7, 11) is 0. The van der Waals surface area contributed by atoms with Crippen molar-refractivity contribution in [3.05, 3.63) is 120 Å². The van der Waals surface area contributed by atoms with E-state index in [9.17, 15) is 9.59 Å². The Morgan fingerprint density at radius 2 is 1.55 bits per heavy atom. The fourth-order valence-corrected chi connectivity index (χ4v) is 6.40. The van der Waals surface area contributed by atoms with Crippen LogP contribution in [-0.2, 0) is 0 Å². The van der Waals surface area contributed by atoms with Crippen LogP contribution in [0.3, 0.4) is 0 Å². The van der Waals surface area contributed by atoms with E-state index in [0.29, 0.717) is 30.9 Å². The average Bonchev–Trinajstić information content (AvgIpc) is 3.94. The topological polar surface area (TPSA) is 155 Å². The van der Waals surface area contributed by atoms with Crippen LogP contribution < -0.4 is 0 Å². The number of carbonyl (C=O) groups is 2. The average molecular weight is 623 g/mol. The van der Waals surface area contributed by atoms with Crippen LogP contribution in [0.25, 0.3) is 22.3 Å². The Bertz CT molecular complexity index is 2160. The molecule has 2 aliphatic rings. The molecule has 0 aliphatic carbocycles. The molecular formula is C35H30N10O2. The first kappa shape index (κ1) is 28.3. The lowest BCUT2D eigenvalue weighted by molar-refractivity contribution is 0.0719. The van der Waals surface area contributed by atoms with Gasteiger partial charge in [0.1, 0.15) is 23.0 Å². The van der Waals surface area contributed by atoms with E-state index in [4.69, 9.17) is 4.98 Å². The fraction of sp³-hybridized carbons (Fsp3) is 0.200. The Morgan fingerprint density at radius 3 is 2.30 bits per heavy atom. The normalized spacial score (nSPS) is 17.7. The second-order valence-corrected chi connectivity index (χ2v) is 11.9. The highest BCUT2D eigenvalue weighted by atomic mass is 16.2. The summed E-state index contributed by atoms with van der Waals surface area (Å²) in [5.74, 6) is 7.82. The van der Waals surface area contributed by atoms with Crippen molar-refractivity contribution in [3.8, 4) is 23.1 Å².